The lowest BCUT2D eigenvalue weighted by Gasteiger charge is -2.15. The summed E-state index contributed by atoms with van der Waals surface area (Å²) in [6.07, 6.45) is 5.39. The first-order valence-electron chi connectivity index (χ1n) is 5.33. The highest BCUT2D eigenvalue weighted by Crippen LogP contribution is 2.23. The number of aromatic nitrogens is 2. The highest BCUT2D eigenvalue weighted by atomic mass is 15.3. The van der Waals surface area contributed by atoms with Gasteiger partial charge in [-0.25, -0.2) is 0 Å². The SMILES string of the molecule is CC(C)(C)c1cnn([C@@H]2CCNC2)c1. The van der Waals surface area contributed by atoms with Crippen molar-refractivity contribution in [3.05, 3.63) is 18.0 Å². The Labute approximate surface area is 85.5 Å². The lowest BCUT2D eigenvalue weighted by atomic mass is 9.90. The van der Waals surface area contributed by atoms with Crippen molar-refractivity contribution in [3.8, 4) is 0 Å². The van der Waals surface area contributed by atoms with Crippen molar-refractivity contribution in [2.75, 3.05) is 13.1 Å². The maximum atomic E-state index is 4.44. The van der Waals surface area contributed by atoms with Crippen molar-refractivity contribution in [2.24, 2.45) is 0 Å². The predicted molar refractivity (Wildman–Crippen MR) is 57.5 cm³/mol. The summed E-state index contributed by atoms with van der Waals surface area (Å²) in [7, 11) is 0. The van der Waals surface area contributed by atoms with Gasteiger partial charge in [0.05, 0.1) is 12.2 Å². The molecule has 0 aliphatic carbocycles. The first-order valence-corrected chi connectivity index (χ1v) is 5.33. The van der Waals surface area contributed by atoms with Crippen molar-refractivity contribution in [3.63, 3.8) is 0 Å². The van der Waals surface area contributed by atoms with E-state index >= 15 is 0 Å². The van der Waals surface area contributed by atoms with E-state index in [1.165, 1.54) is 12.0 Å². The number of rotatable bonds is 1. The molecule has 78 valence electrons. The van der Waals surface area contributed by atoms with Gasteiger partial charge in [-0.05, 0) is 23.9 Å². The summed E-state index contributed by atoms with van der Waals surface area (Å²) >= 11 is 0. The summed E-state index contributed by atoms with van der Waals surface area (Å²) in [5, 5.41) is 7.80. The molecule has 0 amide bonds. The number of hydrogen-bond acceptors (Lipinski definition) is 2. The smallest absolute Gasteiger partial charge is 0.0655 e. The Kier molecular flexibility index (Phi) is 2.35. The van der Waals surface area contributed by atoms with Crippen LogP contribution in [0.5, 0.6) is 0 Å². The van der Waals surface area contributed by atoms with Crippen LogP contribution in [-0.2, 0) is 5.41 Å². The molecule has 2 heterocycles. The summed E-state index contributed by atoms with van der Waals surface area (Å²) in [6, 6.07) is 0.561. The summed E-state index contributed by atoms with van der Waals surface area (Å²) in [4.78, 5) is 0. The first kappa shape index (κ1) is 9.71. The minimum Gasteiger partial charge on any atom is -0.315 e. The van der Waals surface area contributed by atoms with E-state index in [2.05, 4.69) is 42.1 Å². The molecule has 0 radical (unpaired) electrons. The largest absolute Gasteiger partial charge is 0.315 e. The van der Waals surface area contributed by atoms with E-state index < -0.39 is 0 Å². The van der Waals surface area contributed by atoms with Gasteiger partial charge in [-0.2, -0.15) is 5.10 Å². The Morgan fingerprint density at radius 1 is 1.50 bits per heavy atom. The highest BCUT2D eigenvalue weighted by Gasteiger charge is 2.20. The van der Waals surface area contributed by atoms with Crippen LogP contribution in [0.15, 0.2) is 12.4 Å². The maximum absolute atomic E-state index is 4.44. The maximum Gasteiger partial charge on any atom is 0.0655 e. The standard InChI is InChI=1S/C11H19N3/c1-11(2,3)9-6-13-14(8-9)10-4-5-12-7-10/h6,8,10,12H,4-5,7H2,1-3H3/t10-/m1/s1. The summed E-state index contributed by atoms with van der Waals surface area (Å²) < 4.78 is 2.11. The molecule has 0 bridgehead atoms. The molecule has 1 aromatic rings. The summed E-state index contributed by atoms with van der Waals surface area (Å²) in [5.41, 5.74) is 1.54. The molecule has 1 aliphatic heterocycles. The molecule has 2 rings (SSSR count). The van der Waals surface area contributed by atoms with Crippen LogP contribution < -0.4 is 5.32 Å². The molecule has 1 saturated heterocycles. The van der Waals surface area contributed by atoms with Crippen molar-refractivity contribution in [1.82, 2.24) is 15.1 Å². The van der Waals surface area contributed by atoms with Gasteiger partial charge in [0.15, 0.2) is 0 Å². The third-order valence-corrected chi connectivity index (χ3v) is 2.88. The lowest BCUT2D eigenvalue weighted by molar-refractivity contribution is 0.488. The van der Waals surface area contributed by atoms with Crippen LogP contribution in [-0.4, -0.2) is 22.9 Å². The molecule has 1 aliphatic rings. The molecular weight excluding hydrogens is 174 g/mol. The van der Waals surface area contributed by atoms with Crippen molar-refractivity contribution >= 4 is 0 Å². The van der Waals surface area contributed by atoms with Crippen LogP contribution in [0.25, 0.3) is 0 Å². The first-order chi connectivity index (χ1) is 6.57. The lowest BCUT2D eigenvalue weighted by Crippen LogP contribution is -2.14. The van der Waals surface area contributed by atoms with E-state index in [4.69, 9.17) is 0 Å². The normalized spacial score (nSPS) is 22.9. The van der Waals surface area contributed by atoms with Gasteiger partial charge in [-0.1, -0.05) is 20.8 Å². The van der Waals surface area contributed by atoms with Gasteiger partial charge in [0.25, 0.3) is 0 Å². The molecule has 14 heavy (non-hydrogen) atoms. The van der Waals surface area contributed by atoms with Crippen LogP contribution in [0, 0.1) is 0 Å². The van der Waals surface area contributed by atoms with Gasteiger partial charge in [0, 0.05) is 12.7 Å². The Hall–Kier alpha value is -0.830. The second kappa shape index (κ2) is 3.39. The molecule has 1 fully saturated rings. The third-order valence-electron chi connectivity index (χ3n) is 2.88. The number of nitrogens with one attached hydrogen (secondary N) is 1. The van der Waals surface area contributed by atoms with E-state index in [0.29, 0.717) is 6.04 Å². The molecule has 1 atom stereocenters. The van der Waals surface area contributed by atoms with Gasteiger partial charge in [-0.3, -0.25) is 4.68 Å². The van der Waals surface area contributed by atoms with Crippen molar-refractivity contribution in [2.45, 2.75) is 38.6 Å². The van der Waals surface area contributed by atoms with Gasteiger partial charge in [0.2, 0.25) is 0 Å². The molecule has 3 heteroatoms. The van der Waals surface area contributed by atoms with E-state index in [1.54, 1.807) is 0 Å². The Bertz CT molecular complexity index is 303. The zero-order valence-electron chi connectivity index (χ0n) is 9.25. The molecular formula is C11H19N3. The zero-order valence-corrected chi connectivity index (χ0v) is 9.25. The summed E-state index contributed by atoms with van der Waals surface area (Å²) in [6.45, 7) is 8.85. The topological polar surface area (TPSA) is 29.9 Å². The van der Waals surface area contributed by atoms with E-state index in [1.807, 2.05) is 6.20 Å². The molecule has 0 saturated carbocycles. The average molecular weight is 193 g/mol. The van der Waals surface area contributed by atoms with Gasteiger partial charge in [0.1, 0.15) is 0 Å². The van der Waals surface area contributed by atoms with Crippen LogP contribution in [0.2, 0.25) is 0 Å². The van der Waals surface area contributed by atoms with E-state index in [0.717, 1.165) is 13.1 Å². The Balaban J connectivity index is 2.17. The third kappa shape index (κ3) is 1.82. The average Bonchev–Trinajstić information content (AvgIpc) is 2.73. The van der Waals surface area contributed by atoms with Gasteiger partial charge >= 0.3 is 0 Å². The van der Waals surface area contributed by atoms with E-state index in [9.17, 15) is 0 Å². The molecule has 0 spiro atoms. The predicted octanol–water partition coefficient (Wildman–Crippen LogP) is 1.71. The fourth-order valence-electron chi connectivity index (χ4n) is 1.79. The fourth-order valence-corrected chi connectivity index (χ4v) is 1.79. The minimum absolute atomic E-state index is 0.213. The summed E-state index contributed by atoms with van der Waals surface area (Å²) in [5.74, 6) is 0. The van der Waals surface area contributed by atoms with Gasteiger partial charge < -0.3 is 5.32 Å². The molecule has 0 aromatic carbocycles. The second-order valence-corrected chi connectivity index (χ2v) is 5.11. The highest BCUT2D eigenvalue weighted by molar-refractivity contribution is 5.15. The van der Waals surface area contributed by atoms with Crippen LogP contribution in [0.1, 0.15) is 38.8 Å². The molecule has 1 aromatic heterocycles. The van der Waals surface area contributed by atoms with Gasteiger partial charge in [-0.15, -0.1) is 0 Å². The number of nitrogens with zero attached hydrogens (tertiary/aromatic N) is 2. The monoisotopic (exact) mass is 193 g/mol. The fraction of sp³-hybridized carbons (Fsp3) is 0.727. The molecule has 3 nitrogen and oxygen atoms in total. The zero-order chi connectivity index (χ0) is 10.2. The quantitative estimate of drug-likeness (QED) is 0.736. The van der Waals surface area contributed by atoms with E-state index in [-0.39, 0.29) is 5.41 Å². The number of hydrogen-bond donors (Lipinski definition) is 1. The van der Waals surface area contributed by atoms with Crippen LogP contribution >= 0.6 is 0 Å². The van der Waals surface area contributed by atoms with Crippen LogP contribution in [0.4, 0.5) is 0 Å². The Morgan fingerprint density at radius 2 is 2.29 bits per heavy atom. The second-order valence-electron chi connectivity index (χ2n) is 5.11. The van der Waals surface area contributed by atoms with Crippen molar-refractivity contribution in [1.29, 1.82) is 0 Å². The Morgan fingerprint density at radius 3 is 2.79 bits per heavy atom. The van der Waals surface area contributed by atoms with Crippen LogP contribution in [0.3, 0.4) is 0 Å². The molecule has 1 N–H and O–H groups in total. The minimum atomic E-state index is 0.213. The van der Waals surface area contributed by atoms with Crippen molar-refractivity contribution < 1.29 is 0 Å². The molecule has 0 unspecified atom stereocenters.